The van der Waals surface area contributed by atoms with E-state index in [-0.39, 0.29) is 5.75 Å². The minimum absolute atomic E-state index is 0.0226. The van der Waals surface area contributed by atoms with Gasteiger partial charge in [0.05, 0.1) is 5.75 Å². The lowest BCUT2D eigenvalue weighted by molar-refractivity contribution is 0.140. The topological polar surface area (TPSA) is 61.8 Å². The van der Waals surface area contributed by atoms with Gasteiger partial charge in [0.25, 0.3) is 0 Å². The van der Waals surface area contributed by atoms with E-state index in [0.717, 1.165) is 10.8 Å². The van der Waals surface area contributed by atoms with Crippen LogP contribution in [0.5, 0.6) is 0 Å². The van der Waals surface area contributed by atoms with Crippen LogP contribution in [-0.4, -0.2) is 44.8 Å². The highest BCUT2D eigenvalue weighted by Crippen LogP contribution is 2.09. The molecule has 1 aromatic rings. The van der Waals surface area contributed by atoms with E-state index < -0.39 is 18.6 Å². The first-order valence-electron chi connectivity index (χ1n) is 5.29. The van der Waals surface area contributed by atoms with E-state index in [2.05, 4.69) is 0 Å². The zero-order valence-corrected chi connectivity index (χ0v) is 12.8. The molecule has 0 N–H and O–H groups in total. The Morgan fingerprint density at radius 2 is 1.44 bits per heavy atom. The Balaban J connectivity index is 3.01. The lowest BCUT2D eigenvalue weighted by atomic mass is 10.2. The smallest absolute Gasteiger partial charge is 0.373 e. The molecular weight excluding hydrogens is 272 g/mol. The summed E-state index contributed by atoms with van der Waals surface area (Å²) in [5, 5.41) is 0.798. The third-order valence-electron chi connectivity index (χ3n) is 2.54. The van der Waals surface area contributed by atoms with Crippen LogP contribution in [-0.2, 0) is 28.9 Å². The predicted octanol–water partition coefficient (Wildman–Crippen LogP) is 0.316. The van der Waals surface area contributed by atoms with Crippen LogP contribution in [0.25, 0.3) is 0 Å². The van der Waals surface area contributed by atoms with Crippen molar-refractivity contribution >= 4 is 23.8 Å². The first-order chi connectivity index (χ1) is 8.37. The van der Waals surface area contributed by atoms with Gasteiger partial charge < -0.3 is 13.3 Å². The molecule has 0 fully saturated rings. The van der Waals surface area contributed by atoms with Gasteiger partial charge in [-0.15, -0.1) is 0 Å². The second-order valence-corrected chi connectivity index (χ2v) is 8.99. The van der Waals surface area contributed by atoms with Crippen molar-refractivity contribution in [2.24, 2.45) is 0 Å². The molecular formula is C11H18O5SSi. The van der Waals surface area contributed by atoms with E-state index in [1.165, 1.54) is 27.6 Å². The van der Waals surface area contributed by atoms with Crippen molar-refractivity contribution < 1.29 is 21.7 Å². The van der Waals surface area contributed by atoms with Crippen molar-refractivity contribution in [3.63, 3.8) is 0 Å². The van der Waals surface area contributed by atoms with Crippen LogP contribution in [0.15, 0.2) is 24.3 Å². The normalized spacial score (nSPS) is 12.7. The van der Waals surface area contributed by atoms with E-state index in [1.807, 2.05) is 0 Å². The summed E-state index contributed by atoms with van der Waals surface area (Å²) in [6, 6.07) is 7.05. The fraction of sp³-hybridized carbons (Fsp3) is 0.455. The van der Waals surface area contributed by atoms with Gasteiger partial charge >= 0.3 is 8.80 Å². The molecule has 0 heterocycles. The van der Waals surface area contributed by atoms with E-state index in [9.17, 15) is 8.42 Å². The second kappa shape index (κ2) is 5.94. The first-order valence-corrected chi connectivity index (χ1v) is 9.08. The van der Waals surface area contributed by atoms with Crippen molar-refractivity contribution in [2.75, 3.05) is 27.6 Å². The largest absolute Gasteiger partial charge is 0.536 e. The highest BCUT2D eigenvalue weighted by molar-refractivity contribution is 7.89. The zero-order chi connectivity index (χ0) is 13.8. The molecule has 0 saturated carbocycles. The summed E-state index contributed by atoms with van der Waals surface area (Å²) in [6.45, 7) is 0. The number of sulfone groups is 1. The van der Waals surface area contributed by atoms with Crippen molar-refractivity contribution in [1.29, 1.82) is 0 Å². The molecule has 7 heteroatoms. The summed E-state index contributed by atoms with van der Waals surface area (Å²) in [5.41, 5.74) is 0.729. The molecule has 0 radical (unpaired) electrons. The quantitative estimate of drug-likeness (QED) is 0.706. The maximum Gasteiger partial charge on any atom is 0.536 e. The molecule has 0 atom stereocenters. The number of benzene rings is 1. The maximum absolute atomic E-state index is 11.2. The Bertz CT molecular complexity index is 470. The molecule has 0 spiro atoms. The molecule has 0 unspecified atom stereocenters. The minimum atomic E-state index is -3.02. The number of hydrogen-bond donors (Lipinski definition) is 0. The van der Waals surface area contributed by atoms with Gasteiger partial charge in [-0.1, -0.05) is 24.3 Å². The van der Waals surface area contributed by atoms with Crippen LogP contribution in [0.3, 0.4) is 0 Å². The zero-order valence-electron chi connectivity index (χ0n) is 11.0. The van der Waals surface area contributed by atoms with Gasteiger partial charge in [0.15, 0.2) is 9.84 Å². The van der Waals surface area contributed by atoms with E-state index in [1.54, 1.807) is 24.3 Å². The Kier molecular flexibility index (Phi) is 5.06. The molecule has 5 nitrogen and oxygen atoms in total. The maximum atomic E-state index is 11.2. The standard InChI is InChI=1S/C11H18O5SSi/c1-14-18(15-2,16-3)11-7-5-10(6-8-11)9-17(4,12)13/h5-8H,9H2,1-4H3. The minimum Gasteiger partial charge on any atom is -0.373 e. The van der Waals surface area contributed by atoms with E-state index in [0.29, 0.717) is 0 Å². The van der Waals surface area contributed by atoms with Crippen molar-refractivity contribution in [3.05, 3.63) is 29.8 Å². The average Bonchev–Trinajstić information content (AvgIpc) is 2.32. The second-order valence-electron chi connectivity index (χ2n) is 3.94. The Hall–Kier alpha value is -0.733. The van der Waals surface area contributed by atoms with Gasteiger partial charge in [-0.2, -0.15) is 0 Å². The molecule has 0 aliphatic carbocycles. The summed E-state index contributed by atoms with van der Waals surface area (Å²) >= 11 is 0. The Morgan fingerprint density at radius 1 is 1.00 bits per heavy atom. The highest BCUT2D eigenvalue weighted by atomic mass is 32.2. The van der Waals surface area contributed by atoms with Crippen molar-refractivity contribution in [2.45, 2.75) is 5.75 Å². The van der Waals surface area contributed by atoms with E-state index in [4.69, 9.17) is 13.3 Å². The van der Waals surface area contributed by atoms with Gasteiger partial charge in [-0.3, -0.25) is 0 Å². The molecule has 0 aromatic heterocycles. The fourth-order valence-electron chi connectivity index (χ4n) is 1.71. The third-order valence-corrected chi connectivity index (χ3v) is 6.05. The number of rotatable bonds is 6. The molecule has 0 aliphatic heterocycles. The van der Waals surface area contributed by atoms with Crippen LogP contribution in [0.2, 0.25) is 0 Å². The molecule has 1 rings (SSSR count). The molecule has 0 amide bonds. The number of hydrogen-bond acceptors (Lipinski definition) is 5. The van der Waals surface area contributed by atoms with Crippen LogP contribution in [0.4, 0.5) is 0 Å². The predicted molar refractivity (Wildman–Crippen MR) is 71.4 cm³/mol. The Labute approximate surface area is 109 Å². The van der Waals surface area contributed by atoms with Crippen molar-refractivity contribution in [3.8, 4) is 0 Å². The summed E-state index contributed by atoms with van der Waals surface area (Å²) < 4.78 is 38.4. The average molecular weight is 290 g/mol. The summed E-state index contributed by atoms with van der Waals surface area (Å²) in [7, 11) is -1.25. The monoisotopic (exact) mass is 290 g/mol. The molecule has 0 aliphatic rings. The lowest BCUT2D eigenvalue weighted by Crippen LogP contribution is -2.54. The van der Waals surface area contributed by atoms with Crippen molar-refractivity contribution in [1.82, 2.24) is 0 Å². The third kappa shape index (κ3) is 3.63. The molecule has 0 saturated heterocycles. The van der Waals surface area contributed by atoms with Gasteiger partial charge in [0.1, 0.15) is 0 Å². The Morgan fingerprint density at radius 3 is 1.78 bits per heavy atom. The highest BCUT2D eigenvalue weighted by Gasteiger charge is 2.40. The molecule has 0 bridgehead atoms. The van der Waals surface area contributed by atoms with Gasteiger partial charge in [-0.25, -0.2) is 8.42 Å². The van der Waals surface area contributed by atoms with Gasteiger partial charge in [0.2, 0.25) is 0 Å². The summed E-state index contributed by atoms with van der Waals surface area (Å²) in [6.07, 6.45) is 1.21. The van der Waals surface area contributed by atoms with Crippen LogP contribution in [0, 0.1) is 0 Å². The lowest BCUT2D eigenvalue weighted by Gasteiger charge is -2.24. The van der Waals surface area contributed by atoms with Crippen LogP contribution >= 0.6 is 0 Å². The van der Waals surface area contributed by atoms with Gasteiger partial charge in [-0.05, 0) is 5.56 Å². The van der Waals surface area contributed by atoms with Crippen LogP contribution in [0.1, 0.15) is 5.56 Å². The summed E-state index contributed by atoms with van der Waals surface area (Å²) in [5.74, 6) is 0.0226. The van der Waals surface area contributed by atoms with E-state index >= 15 is 0 Å². The summed E-state index contributed by atoms with van der Waals surface area (Å²) in [4.78, 5) is 0. The van der Waals surface area contributed by atoms with Crippen LogP contribution < -0.4 is 5.19 Å². The molecule has 18 heavy (non-hydrogen) atoms. The first kappa shape index (κ1) is 15.3. The van der Waals surface area contributed by atoms with Gasteiger partial charge in [0, 0.05) is 32.8 Å². The SMILES string of the molecule is CO[Si](OC)(OC)c1ccc(CS(C)(=O)=O)cc1. The molecule has 102 valence electrons. The fourth-order valence-corrected chi connectivity index (χ4v) is 4.29. The molecule has 1 aromatic carbocycles.